The molecule has 1 aromatic heterocycles. The van der Waals surface area contributed by atoms with Crippen LogP contribution in [0.4, 0.5) is 4.39 Å². The topological polar surface area (TPSA) is 45.6 Å². The Bertz CT molecular complexity index is 691. The van der Waals surface area contributed by atoms with E-state index in [4.69, 9.17) is 4.74 Å². The number of hydrogen-bond donors (Lipinski definition) is 1. The average Bonchev–Trinajstić information content (AvgIpc) is 3.14. The van der Waals surface area contributed by atoms with Crippen molar-refractivity contribution in [3.8, 4) is 11.5 Å². The zero-order chi connectivity index (χ0) is 17.2. The smallest absolute Gasteiger partial charge is 0.213 e. The molecule has 2 aromatic rings. The summed E-state index contributed by atoms with van der Waals surface area (Å²) in [5.41, 5.74) is 1.26. The van der Waals surface area contributed by atoms with Crippen molar-refractivity contribution >= 4 is 0 Å². The molecule has 1 aromatic carbocycles. The first-order valence-electron chi connectivity index (χ1n) is 8.94. The number of rotatable bonds is 5. The van der Waals surface area contributed by atoms with Gasteiger partial charge in [-0.1, -0.05) is 12.1 Å². The fourth-order valence-electron chi connectivity index (χ4n) is 4.19. The molecule has 0 spiro atoms. The first-order valence-corrected chi connectivity index (χ1v) is 8.94. The van der Waals surface area contributed by atoms with Crippen LogP contribution in [-0.2, 0) is 6.42 Å². The van der Waals surface area contributed by atoms with Crippen molar-refractivity contribution in [1.29, 1.82) is 0 Å². The van der Waals surface area contributed by atoms with Gasteiger partial charge in [0.25, 0.3) is 0 Å². The Morgan fingerprint density at radius 3 is 2.44 bits per heavy atom. The van der Waals surface area contributed by atoms with Crippen LogP contribution >= 0.6 is 0 Å². The number of ether oxygens (including phenoxy) is 1. The first kappa shape index (κ1) is 16.3. The number of aromatic hydroxyl groups is 1. The zero-order valence-electron chi connectivity index (χ0n) is 14.1. The van der Waals surface area contributed by atoms with Crippen LogP contribution in [0.2, 0.25) is 0 Å². The summed E-state index contributed by atoms with van der Waals surface area (Å²) >= 11 is 0. The third-order valence-electron chi connectivity index (χ3n) is 5.44. The summed E-state index contributed by atoms with van der Waals surface area (Å²) < 4.78 is 18.8. The Morgan fingerprint density at radius 1 is 1.08 bits per heavy atom. The van der Waals surface area contributed by atoms with Gasteiger partial charge >= 0.3 is 0 Å². The molecule has 1 aliphatic heterocycles. The van der Waals surface area contributed by atoms with Gasteiger partial charge in [-0.2, -0.15) is 4.39 Å². The molecule has 5 heteroatoms. The van der Waals surface area contributed by atoms with E-state index >= 15 is 0 Å². The molecule has 25 heavy (non-hydrogen) atoms. The number of phenolic OH excluding ortho intramolecular Hbond substituents is 1. The second kappa shape index (κ2) is 7.00. The van der Waals surface area contributed by atoms with Crippen LogP contribution in [0.1, 0.15) is 18.4 Å². The Morgan fingerprint density at radius 2 is 1.80 bits per heavy atom. The van der Waals surface area contributed by atoms with Crippen molar-refractivity contribution in [2.45, 2.75) is 25.4 Å². The van der Waals surface area contributed by atoms with E-state index in [2.05, 4.69) is 9.88 Å². The average molecular weight is 342 g/mol. The highest BCUT2D eigenvalue weighted by atomic mass is 19.1. The lowest BCUT2D eigenvalue weighted by Gasteiger charge is -2.19. The molecule has 2 heterocycles. The summed E-state index contributed by atoms with van der Waals surface area (Å²) in [4.78, 5) is 6.19. The fraction of sp³-hybridized carbons (Fsp3) is 0.450. The number of benzene rings is 1. The summed E-state index contributed by atoms with van der Waals surface area (Å²) in [5.74, 6) is 1.90. The summed E-state index contributed by atoms with van der Waals surface area (Å²) in [7, 11) is 0. The van der Waals surface area contributed by atoms with Gasteiger partial charge in [0.1, 0.15) is 11.5 Å². The van der Waals surface area contributed by atoms with Gasteiger partial charge in [-0.15, -0.1) is 0 Å². The number of likely N-dealkylation sites (tertiary alicyclic amines) is 1. The minimum Gasteiger partial charge on any atom is -0.508 e. The lowest BCUT2D eigenvalue weighted by Crippen LogP contribution is -2.26. The van der Waals surface area contributed by atoms with Gasteiger partial charge in [0.15, 0.2) is 0 Å². The number of phenols is 1. The standard InChI is InChI=1S/C20H23FN2O2/c21-20-6-5-18(11-22-20)25-19-9-15-12-23(13-16(15)10-19)8-7-14-1-3-17(24)4-2-14/h1-6,11,15-16,19,24H,7-10,12-13H2/t15-,16+,19?. The van der Waals surface area contributed by atoms with Crippen LogP contribution in [0, 0.1) is 17.8 Å². The van der Waals surface area contributed by atoms with Crippen molar-refractivity contribution in [3.05, 3.63) is 54.1 Å². The highest BCUT2D eigenvalue weighted by Gasteiger charge is 2.41. The first-order chi connectivity index (χ1) is 12.2. The molecule has 0 amide bonds. The highest BCUT2D eigenvalue weighted by molar-refractivity contribution is 5.26. The van der Waals surface area contributed by atoms with E-state index in [0.29, 0.717) is 23.3 Å². The molecule has 0 bridgehead atoms. The molecule has 2 fully saturated rings. The van der Waals surface area contributed by atoms with E-state index in [1.165, 1.54) is 17.8 Å². The molecule has 1 N–H and O–H groups in total. The molecule has 1 saturated carbocycles. The molecule has 1 unspecified atom stereocenters. The molecular weight excluding hydrogens is 319 g/mol. The SMILES string of the molecule is Oc1ccc(CCN2C[C@H]3CC(Oc4ccc(F)nc4)C[C@H]3C2)cc1. The Hall–Kier alpha value is -2.14. The van der Waals surface area contributed by atoms with Crippen LogP contribution in [0.3, 0.4) is 0 Å². The zero-order valence-corrected chi connectivity index (χ0v) is 14.1. The molecule has 0 radical (unpaired) electrons. The Labute approximate surface area is 147 Å². The number of aromatic nitrogens is 1. The fourth-order valence-corrected chi connectivity index (χ4v) is 4.19. The molecular formula is C20H23FN2O2. The molecule has 2 aliphatic rings. The second-order valence-electron chi connectivity index (χ2n) is 7.22. The van der Waals surface area contributed by atoms with Crippen LogP contribution in [0.25, 0.3) is 0 Å². The van der Waals surface area contributed by atoms with E-state index in [1.807, 2.05) is 12.1 Å². The Balaban J connectivity index is 1.24. The predicted molar refractivity (Wildman–Crippen MR) is 93.1 cm³/mol. The maximum atomic E-state index is 12.9. The van der Waals surface area contributed by atoms with Gasteiger partial charge in [0.2, 0.25) is 5.95 Å². The molecule has 3 atom stereocenters. The van der Waals surface area contributed by atoms with Gasteiger partial charge in [-0.25, -0.2) is 4.98 Å². The van der Waals surface area contributed by atoms with E-state index < -0.39 is 5.95 Å². The maximum absolute atomic E-state index is 12.9. The van der Waals surface area contributed by atoms with Crippen molar-refractivity contribution in [2.75, 3.05) is 19.6 Å². The predicted octanol–water partition coefficient (Wildman–Crippen LogP) is 3.26. The largest absolute Gasteiger partial charge is 0.508 e. The van der Waals surface area contributed by atoms with Gasteiger partial charge in [-0.3, -0.25) is 0 Å². The van der Waals surface area contributed by atoms with Gasteiger partial charge < -0.3 is 14.7 Å². The van der Waals surface area contributed by atoms with Gasteiger partial charge in [0, 0.05) is 19.6 Å². The number of halogens is 1. The monoisotopic (exact) mass is 342 g/mol. The molecule has 4 rings (SSSR count). The van der Waals surface area contributed by atoms with Gasteiger partial charge in [0.05, 0.1) is 12.3 Å². The molecule has 132 valence electrons. The number of hydrogen-bond acceptors (Lipinski definition) is 4. The summed E-state index contributed by atoms with van der Waals surface area (Å²) in [5, 5.41) is 9.34. The molecule has 1 aliphatic carbocycles. The van der Waals surface area contributed by atoms with Crippen LogP contribution < -0.4 is 4.74 Å². The summed E-state index contributed by atoms with van der Waals surface area (Å²) in [6.45, 7) is 3.32. The van der Waals surface area contributed by atoms with Crippen molar-refractivity contribution in [2.24, 2.45) is 11.8 Å². The second-order valence-corrected chi connectivity index (χ2v) is 7.22. The minimum atomic E-state index is -0.472. The summed E-state index contributed by atoms with van der Waals surface area (Å²) in [6.07, 6.45) is 4.84. The number of pyridine rings is 1. The van der Waals surface area contributed by atoms with Crippen molar-refractivity contribution < 1.29 is 14.2 Å². The van der Waals surface area contributed by atoms with Crippen LogP contribution in [0.15, 0.2) is 42.6 Å². The van der Waals surface area contributed by atoms with E-state index in [0.717, 1.165) is 38.9 Å². The van der Waals surface area contributed by atoms with Gasteiger partial charge in [-0.05, 0) is 60.9 Å². The number of fused-ring (bicyclic) bond motifs is 1. The van der Waals surface area contributed by atoms with E-state index in [-0.39, 0.29) is 6.10 Å². The third-order valence-corrected chi connectivity index (χ3v) is 5.44. The van der Waals surface area contributed by atoms with E-state index in [9.17, 15) is 9.50 Å². The maximum Gasteiger partial charge on any atom is 0.213 e. The van der Waals surface area contributed by atoms with Crippen LogP contribution in [-0.4, -0.2) is 40.7 Å². The highest BCUT2D eigenvalue weighted by Crippen LogP contribution is 2.39. The quantitative estimate of drug-likeness (QED) is 0.847. The van der Waals surface area contributed by atoms with Crippen molar-refractivity contribution in [3.63, 3.8) is 0 Å². The van der Waals surface area contributed by atoms with Crippen LogP contribution in [0.5, 0.6) is 11.5 Å². The summed E-state index contributed by atoms with van der Waals surface area (Å²) in [6, 6.07) is 10.5. The lowest BCUT2D eigenvalue weighted by molar-refractivity contribution is 0.185. The van der Waals surface area contributed by atoms with E-state index in [1.54, 1.807) is 18.2 Å². The lowest BCUT2D eigenvalue weighted by atomic mass is 10.0. The third kappa shape index (κ3) is 3.93. The normalized spacial score (nSPS) is 25.9. The minimum absolute atomic E-state index is 0.224. The molecule has 4 nitrogen and oxygen atoms in total. The Kier molecular flexibility index (Phi) is 4.57. The molecule has 1 saturated heterocycles. The van der Waals surface area contributed by atoms with Crippen molar-refractivity contribution in [1.82, 2.24) is 9.88 Å². The number of nitrogens with zero attached hydrogens (tertiary/aromatic N) is 2.